The Morgan fingerprint density at radius 1 is 0.846 bits per heavy atom. The van der Waals surface area contributed by atoms with Crippen LogP contribution in [0.3, 0.4) is 0 Å². The molecule has 0 aromatic heterocycles. The van der Waals surface area contributed by atoms with Crippen LogP contribution >= 0.6 is 0 Å². The number of hydrogen-bond donors (Lipinski definition) is 0. The first kappa shape index (κ1) is 13.6. The summed E-state index contributed by atoms with van der Waals surface area (Å²) in [4.78, 5) is 0. The zero-order chi connectivity index (χ0) is 10.6. The minimum absolute atomic E-state index is 0.913. The van der Waals surface area contributed by atoms with Gasteiger partial charge in [-0.15, -0.1) is 0 Å². The Kier molecular flexibility index (Phi) is 5.67. The fourth-order valence-corrected chi connectivity index (χ4v) is 15.0. The SMILES string of the molecule is CC[N]=[Hf]([N](C)C)([N](C)C)[N](C)C. The minimum atomic E-state index is -2.85. The van der Waals surface area contributed by atoms with Crippen molar-refractivity contribution in [2.75, 3.05) is 48.8 Å². The standard InChI is InChI=1S/3C2H6N.C2H5N.Hf/c3*1-3-2;1-2-3;/h3*1-2H3;2H2,1H3;/q3*-1;;+3. The second-order valence-corrected chi connectivity index (χ2v) is 18.8. The summed E-state index contributed by atoms with van der Waals surface area (Å²) in [7, 11) is 12.8. The molecule has 0 amide bonds. The van der Waals surface area contributed by atoms with Gasteiger partial charge in [0.05, 0.1) is 0 Å². The summed E-state index contributed by atoms with van der Waals surface area (Å²) < 4.78 is 11.8. The Labute approximate surface area is 87.9 Å². The first-order chi connectivity index (χ1) is 5.89. The van der Waals surface area contributed by atoms with Crippen molar-refractivity contribution in [1.29, 1.82) is 0 Å². The summed E-state index contributed by atoms with van der Waals surface area (Å²) >= 11 is -2.85. The molecule has 0 heterocycles. The van der Waals surface area contributed by atoms with E-state index in [0.29, 0.717) is 0 Å². The maximum atomic E-state index is 4.85. The van der Waals surface area contributed by atoms with Gasteiger partial charge >= 0.3 is 88.0 Å². The molecule has 0 aliphatic rings. The Bertz CT molecular complexity index is 170. The van der Waals surface area contributed by atoms with Gasteiger partial charge in [0.1, 0.15) is 0 Å². The van der Waals surface area contributed by atoms with Crippen molar-refractivity contribution in [2.24, 2.45) is 2.92 Å². The normalized spacial score (nSPS) is 13.1. The predicted molar refractivity (Wildman–Crippen MR) is 54.0 cm³/mol. The molecule has 0 aliphatic heterocycles. The number of hydrogen-bond acceptors (Lipinski definition) is 1. The second-order valence-electron chi connectivity index (χ2n) is 3.76. The van der Waals surface area contributed by atoms with E-state index < -0.39 is 20.7 Å². The third-order valence-corrected chi connectivity index (χ3v) is 17.8. The molecule has 13 heavy (non-hydrogen) atoms. The summed E-state index contributed by atoms with van der Waals surface area (Å²) in [6, 6.07) is 0. The third-order valence-electron chi connectivity index (χ3n) is 2.17. The Hall–Kier alpha value is 0.550. The second kappa shape index (κ2) is 5.44. The molecule has 0 spiro atoms. The van der Waals surface area contributed by atoms with Gasteiger partial charge in [0.15, 0.2) is 0 Å². The van der Waals surface area contributed by atoms with E-state index in [1.54, 1.807) is 0 Å². The summed E-state index contributed by atoms with van der Waals surface area (Å²) in [6.45, 7) is 3.03. The quantitative estimate of drug-likeness (QED) is 0.697. The molecule has 0 fully saturated rings. The Morgan fingerprint density at radius 2 is 1.15 bits per heavy atom. The van der Waals surface area contributed by atoms with Crippen LogP contribution in [-0.2, 0) is 20.7 Å². The molecule has 0 unspecified atom stereocenters. The Balaban J connectivity index is 5.20. The van der Waals surface area contributed by atoms with Crippen molar-refractivity contribution in [3.05, 3.63) is 0 Å². The van der Waals surface area contributed by atoms with E-state index in [2.05, 4.69) is 57.9 Å². The van der Waals surface area contributed by atoms with E-state index in [-0.39, 0.29) is 0 Å². The van der Waals surface area contributed by atoms with Gasteiger partial charge < -0.3 is 0 Å². The molecular weight excluding hydrogens is 331 g/mol. The van der Waals surface area contributed by atoms with E-state index in [0.717, 1.165) is 6.54 Å². The van der Waals surface area contributed by atoms with Crippen LogP contribution in [0.2, 0.25) is 0 Å². The molecule has 5 heteroatoms. The zero-order valence-electron chi connectivity index (χ0n) is 10.00. The predicted octanol–water partition coefficient (Wildman–Crippen LogP) is 0.774. The van der Waals surface area contributed by atoms with Crippen molar-refractivity contribution in [1.82, 2.24) is 8.66 Å². The fourth-order valence-electron chi connectivity index (χ4n) is 1.84. The molecule has 0 aromatic carbocycles. The van der Waals surface area contributed by atoms with Gasteiger partial charge in [-0.3, -0.25) is 0 Å². The molecule has 0 radical (unpaired) electrons. The van der Waals surface area contributed by atoms with E-state index in [9.17, 15) is 0 Å². The fraction of sp³-hybridized carbons (Fsp3) is 1.00. The van der Waals surface area contributed by atoms with Crippen LogP contribution in [0.1, 0.15) is 6.92 Å². The third kappa shape index (κ3) is 2.75. The van der Waals surface area contributed by atoms with Crippen LogP contribution < -0.4 is 0 Å². The topological polar surface area (TPSA) is 22.1 Å². The van der Waals surface area contributed by atoms with E-state index >= 15 is 0 Å². The van der Waals surface area contributed by atoms with Crippen molar-refractivity contribution >= 4 is 0 Å². The van der Waals surface area contributed by atoms with Crippen LogP contribution in [0.15, 0.2) is 2.92 Å². The van der Waals surface area contributed by atoms with E-state index in [1.165, 1.54) is 0 Å². The van der Waals surface area contributed by atoms with Gasteiger partial charge in [-0.25, -0.2) is 0 Å². The van der Waals surface area contributed by atoms with Gasteiger partial charge in [-0.2, -0.15) is 0 Å². The summed E-state index contributed by atoms with van der Waals surface area (Å²) in [5.74, 6) is 0. The molecule has 79 valence electrons. The molecule has 0 bridgehead atoms. The first-order valence-corrected chi connectivity index (χ1v) is 11.0. The van der Waals surface area contributed by atoms with E-state index in [4.69, 9.17) is 2.92 Å². The molecule has 0 aliphatic carbocycles. The molecule has 0 N–H and O–H groups in total. The van der Waals surface area contributed by atoms with Crippen molar-refractivity contribution in [3.8, 4) is 0 Å². The molecule has 0 aromatic rings. The van der Waals surface area contributed by atoms with Gasteiger partial charge in [0.2, 0.25) is 0 Å². The number of nitrogens with zero attached hydrogens (tertiary/aromatic N) is 4. The summed E-state index contributed by atoms with van der Waals surface area (Å²) in [5, 5.41) is 0. The average Bonchev–Trinajstić information content (AvgIpc) is 1.97. The molecule has 0 rings (SSSR count). The van der Waals surface area contributed by atoms with Gasteiger partial charge in [0, 0.05) is 0 Å². The van der Waals surface area contributed by atoms with Crippen LogP contribution in [0.25, 0.3) is 0 Å². The van der Waals surface area contributed by atoms with Gasteiger partial charge in [0.25, 0.3) is 0 Å². The maximum absolute atomic E-state index is 4.85. The van der Waals surface area contributed by atoms with Gasteiger partial charge in [-0.1, -0.05) is 0 Å². The van der Waals surface area contributed by atoms with Crippen LogP contribution in [-0.4, -0.2) is 57.5 Å². The molecule has 0 saturated carbocycles. The van der Waals surface area contributed by atoms with Crippen molar-refractivity contribution in [3.63, 3.8) is 0 Å². The first-order valence-electron chi connectivity index (χ1n) is 4.60. The molecule has 4 nitrogen and oxygen atoms in total. The van der Waals surface area contributed by atoms with Crippen molar-refractivity contribution < 1.29 is 20.7 Å². The van der Waals surface area contributed by atoms with Crippen molar-refractivity contribution in [2.45, 2.75) is 6.92 Å². The van der Waals surface area contributed by atoms with E-state index in [1.807, 2.05) is 0 Å². The van der Waals surface area contributed by atoms with Crippen LogP contribution in [0.5, 0.6) is 0 Å². The molecule has 0 saturated heterocycles. The summed E-state index contributed by atoms with van der Waals surface area (Å²) in [6.07, 6.45) is 0. The molecule has 0 atom stereocenters. The Morgan fingerprint density at radius 3 is 1.23 bits per heavy atom. The van der Waals surface area contributed by atoms with Crippen LogP contribution in [0.4, 0.5) is 0 Å². The number of rotatable bonds is 4. The summed E-state index contributed by atoms with van der Waals surface area (Å²) in [5.41, 5.74) is 0. The average molecular weight is 354 g/mol. The van der Waals surface area contributed by atoms with Crippen LogP contribution in [0, 0.1) is 0 Å². The monoisotopic (exact) mass is 355 g/mol. The van der Waals surface area contributed by atoms with Gasteiger partial charge in [-0.05, 0) is 0 Å². The molecular formula is C8H23HfN4. The zero-order valence-corrected chi connectivity index (χ0v) is 13.6.